The number of hydrogen-bond donors (Lipinski definition) is 3. The molecule has 0 aliphatic heterocycles. The number of sulfonamides is 1. The largest absolute Gasteiger partial charge is 0.393 e. The van der Waals surface area contributed by atoms with Crippen molar-refractivity contribution in [2.75, 3.05) is 6.61 Å². The lowest BCUT2D eigenvalue weighted by molar-refractivity contribution is -0.00230. The molecule has 3 N–H and O–H groups in total. The Morgan fingerprint density at radius 3 is 2.66 bits per heavy atom. The van der Waals surface area contributed by atoms with Gasteiger partial charge in [0, 0.05) is 26.4 Å². The van der Waals surface area contributed by atoms with E-state index in [4.69, 9.17) is 11.6 Å². The van der Waals surface area contributed by atoms with Gasteiger partial charge in [0.25, 0.3) is 0 Å². The number of fused-ring (bicyclic) bond motifs is 1. The number of aliphatic hydroxyl groups excluding tert-OH is 1. The fourth-order valence-electron chi connectivity index (χ4n) is 4.05. The van der Waals surface area contributed by atoms with Crippen LogP contribution in [0.15, 0.2) is 66.9 Å². The quantitative estimate of drug-likeness (QED) is 0.299. The molecule has 2 heterocycles. The van der Waals surface area contributed by atoms with Gasteiger partial charge in [0.2, 0.25) is 10.0 Å². The van der Waals surface area contributed by atoms with E-state index in [1.54, 1.807) is 31.3 Å². The van der Waals surface area contributed by atoms with Crippen LogP contribution in [-0.4, -0.2) is 35.5 Å². The minimum atomic E-state index is -3.49. The number of nitrogens with one attached hydrogen (secondary N) is 1. The number of pyridine rings is 1. The summed E-state index contributed by atoms with van der Waals surface area (Å²) >= 11 is 7.99. The maximum absolute atomic E-state index is 12.9. The fourth-order valence-corrected chi connectivity index (χ4v) is 7.16. The molecule has 4 aromatic rings. The van der Waals surface area contributed by atoms with Crippen LogP contribution >= 0.6 is 22.9 Å². The standard InChI is InChI=1S/C26H25ClN2O4S2/c1-26(31,15-30)17-11-12-28-22(14-17)20-7-4-5-16-13-23(34-25(16)20)24(19-6-2-3-8-21(19)27)29-35(32,33)18-9-10-18/h2-8,11-14,18,24,29-31H,9-10,15H2,1H3/t24-,26?/m1/s1. The van der Waals surface area contributed by atoms with E-state index in [0.29, 0.717) is 34.7 Å². The lowest BCUT2D eigenvalue weighted by Crippen LogP contribution is -2.31. The maximum atomic E-state index is 12.9. The molecule has 0 radical (unpaired) electrons. The lowest BCUT2D eigenvalue weighted by atomic mass is 9.96. The first kappa shape index (κ1) is 24.4. The Balaban J connectivity index is 1.62. The predicted octanol–water partition coefficient (Wildman–Crippen LogP) is 4.99. The molecule has 2 atom stereocenters. The van der Waals surface area contributed by atoms with Gasteiger partial charge in [0.1, 0.15) is 5.60 Å². The Morgan fingerprint density at radius 1 is 1.17 bits per heavy atom. The summed E-state index contributed by atoms with van der Waals surface area (Å²) in [6.45, 7) is 1.14. The van der Waals surface area contributed by atoms with Gasteiger partial charge >= 0.3 is 0 Å². The summed E-state index contributed by atoms with van der Waals surface area (Å²) in [5.74, 6) is 0. The topological polar surface area (TPSA) is 99.5 Å². The van der Waals surface area contributed by atoms with E-state index in [1.807, 2.05) is 42.5 Å². The molecule has 9 heteroatoms. The van der Waals surface area contributed by atoms with Gasteiger partial charge < -0.3 is 10.2 Å². The van der Waals surface area contributed by atoms with Crippen LogP contribution in [0.4, 0.5) is 0 Å². The predicted molar refractivity (Wildman–Crippen MR) is 140 cm³/mol. The summed E-state index contributed by atoms with van der Waals surface area (Å²) in [5, 5.41) is 21.2. The van der Waals surface area contributed by atoms with Crippen LogP contribution in [0.1, 0.15) is 41.8 Å². The van der Waals surface area contributed by atoms with Crippen molar-refractivity contribution in [3.8, 4) is 11.3 Å². The Labute approximate surface area is 213 Å². The zero-order valence-corrected chi connectivity index (χ0v) is 21.4. The van der Waals surface area contributed by atoms with Crippen molar-refractivity contribution < 1.29 is 18.6 Å². The van der Waals surface area contributed by atoms with Crippen molar-refractivity contribution in [1.29, 1.82) is 0 Å². The number of halogens is 1. The Kier molecular flexibility index (Phi) is 6.46. The number of aliphatic hydroxyl groups is 2. The molecule has 35 heavy (non-hydrogen) atoms. The third kappa shape index (κ3) is 4.87. The summed E-state index contributed by atoms with van der Waals surface area (Å²) in [6.07, 6.45) is 2.94. The molecule has 2 aromatic heterocycles. The first-order chi connectivity index (χ1) is 16.7. The molecule has 6 nitrogen and oxygen atoms in total. The van der Waals surface area contributed by atoms with E-state index in [9.17, 15) is 18.6 Å². The Hall–Kier alpha value is -2.33. The van der Waals surface area contributed by atoms with Crippen LogP contribution in [0, 0.1) is 0 Å². The van der Waals surface area contributed by atoms with E-state index in [2.05, 4.69) is 9.71 Å². The van der Waals surface area contributed by atoms with Crippen LogP contribution in [-0.2, 0) is 15.6 Å². The lowest BCUT2D eigenvalue weighted by Gasteiger charge is -2.21. The highest BCUT2D eigenvalue weighted by atomic mass is 35.5. The number of benzene rings is 2. The summed E-state index contributed by atoms with van der Waals surface area (Å²) in [7, 11) is -3.49. The highest BCUT2D eigenvalue weighted by Gasteiger charge is 2.38. The molecule has 0 amide bonds. The van der Waals surface area contributed by atoms with E-state index in [1.165, 1.54) is 11.3 Å². The zero-order chi connectivity index (χ0) is 24.8. The molecule has 1 aliphatic carbocycles. The number of aromatic nitrogens is 1. The second kappa shape index (κ2) is 9.28. The second-order valence-corrected chi connectivity index (χ2v) is 12.5. The molecule has 1 unspecified atom stereocenters. The molecule has 0 saturated heterocycles. The Bertz CT molecular complexity index is 1500. The number of nitrogens with zero attached hydrogens (tertiary/aromatic N) is 1. The molecule has 5 rings (SSSR count). The molecule has 182 valence electrons. The first-order valence-electron chi connectivity index (χ1n) is 11.3. The highest BCUT2D eigenvalue weighted by Crippen LogP contribution is 2.41. The van der Waals surface area contributed by atoms with Crippen LogP contribution in [0.5, 0.6) is 0 Å². The molecule has 1 fully saturated rings. The molecule has 1 aliphatic rings. The van der Waals surface area contributed by atoms with Crippen LogP contribution in [0.2, 0.25) is 5.02 Å². The van der Waals surface area contributed by atoms with Gasteiger partial charge in [0.15, 0.2) is 0 Å². The monoisotopic (exact) mass is 528 g/mol. The third-order valence-corrected chi connectivity index (χ3v) is 9.78. The smallest absolute Gasteiger partial charge is 0.215 e. The van der Waals surface area contributed by atoms with Crippen molar-refractivity contribution in [3.63, 3.8) is 0 Å². The summed E-state index contributed by atoms with van der Waals surface area (Å²) < 4.78 is 29.7. The maximum Gasteiger partial charge on any atom is 0.215 e. The summed E-state index contributed by atoms with van der Waals surface area (Å²) in [6, 6.07) is 17.9. The molecule has 2 aromatic carbocycles. The molecule has 1 saturated carbocycles. The number of thiophene rings is 1. The fraction of sp³-hybridized carbons (Fsp3) is 0.269. The zero-order valence-electron chi connectivity index (χ0n) is 19.0. The van der Waals surface area contributed by atoms with Gasteiger partial charge in [0.05, 0.1) is 23.6 Å². The van der Waals surface area contributed by atoms with Gasteiger partial charge in [-0.25, -0.2) is 13.1 Å². The number of rotatable bonds is 8. The van der Waals surface area contributed by atoms with Gasteiger partial charge in [-0.3, -0.25) is 4.98 Å². The van der Waals surface area contributed by atoms with Gasteiger partial charge in [-0.2, -0.15) is 0 Å². The van der Waals surface area contributed by atoms with Crippen molar-refractivity contribution in [1.82, 2.24) is 9.71 Å². The minimum Gasteiger partial charge on any atom is -0.393 e. The minimum absolute atomic E-state index is 0.358. The average molecular weight is 529 g/mol. The van der Waals surface area contributed by atoms with Gasteiger partial charge in [-0.05, 0) is 60.5 Å². The van der Waals surface area contributed by atoms with Gasteiger partial charge in [-0.15, -0.1) is 11.3 Å². The molecule has 0 spiro atoms. The van der Waals surface area contributed by atoms with Crippen LogP contribution in [0.25, 0.3) is 21.3 Å². The van der Waals surface area contributed by atoms with E-state index in [-0.39, 0.29) is 5.25 Å². The summed E-state index contributed by atoms with van der Waals surface area (Å²) in [4.78, 5) is 5.33. The first-order valence-corrected chi connectivity index (χ1v) is 14.0. The number of hydrogen-bond acceptors (Lipinski definition) is 6. The van der Waals surface area contributed by atoms with E-state index >= 15 is 0 Å². The highest BCUT2D eigenvalue weighted by molar-refractivity contribution is 7.90. The molecule has 0 bridgehead atoms. The average Bonchev–Trinajstić information content (AvgIpc) is 3.63. The Morgan fingerprint density at radius 2 is 1.94 bits per heavy atom. The van der Waals surface area contributed by atoms with Crippen molar-refractivity contribution in [2.45, 2.75) is 36.7 Å². The normalized spacial score (nSPS) is 16.8. The molecular formula is C26H25ClN2O4S2. The molecular weight excluding hydrogens is 504 g/mol. The van der Waals surface area contributed by atoms with Crippen molar-refractivity contribution in [2.24, 2.45) is 0 Å². The van der Waals surface area contributed by atoms with Crippen LogP contribution in [0.3, 0.4) is 0 Å². The van der Waals surface area contributed by atoms with Crippen LogP contribution < -0.4 is 4.72 Å². The van der Waals surface area contributed by atoms with Crippen molar-refractivity contribution in [3.05, 3.63) is 87.9 Å². The van der Waals surface area contributed by atoms with Gasteiger partial charge in [-0.1, -0.05) is 48.0 Å². The second-order valence-electron chi connectivity index (χ2n) is 9.05. The summed E-state index contributed by atoms with van der Waals surface area (Å²) in [5.41, 5.74) is 1.39. The third-order valence-electron chi connectivity index (χ3n) is 6.27. The SMILES string of the molecule is CC(O)(CO)c1ccnc(-c2cccc3cc([C@H](NS(=O)(=O)C4CC4)c4ccccc4Cl)sc23)c1. The van der Waals surface area contributed by atoms with Crippen molar-refractivity contribution >= 4 is 43.0 Å². The van der Waals surface area contributed by atoms with E-state index < -0.39 is 28.3 Å². The van der Waals surface area contributed by atoms with E-state index in [0.717, 1.165) is 20.5 Å².